The molecule has 0 saturated heterocycles. The van der Waals surface area contributed by atoms with Crippen molar-refractivity contribution in [2.45, 2.75) is 13.5 Å². The lowest BCUT2D eigenvalue weighted by Crippen LogP contribution is -2.04. The fraction of sp³-hybridized carbons (Fsp3) is 0.176. The van der Waals surface area contributed by atoms with Crippen molar-refractivity contribution in [3.05, 3.63) is 77.9 Å². The summed E-state index contributed by atoms with van der Waals surface area (Å²) >= 11 is 0. The zero-order valence-corrected chi connectivity index (χ0v) is 11.1. The summed E-state index contributed by atoms with van der Waals surface area (Å²) in [6, 6.07) is 20.6. The third kappa shape index (κ3) is 6.02. The molecular weight excluding hydrogens is 218 g/mol. The van der Waals surface area contributed by atoms with E-state index in [1.807, 2.05) is 56.4 Å². The van der Waals surface area contributed by atoms with Crippen LogP contribution in [0, 0.1) is 0 Å². The van der Waals surface area contributed by atoms with Crippen molar-refractivity contribution in [2.24, 2.45) is 0 Å². The topological polar surface area (TPSA) is 12.0 Å². The summed E-state index contributed by atoms with van der Waals surface area (Å²) in [5.74, 6) is 0. The van der Waals surface area contributed by atoms with Gasteiger partial charge in [-0.1, -0.05) is 72.8 Å². The Morgan fingerprint density at radius 1 is 0.889 bits per heavy atom. The average Bonchev–Trinajstić information content (AvgIpc) is 2.43. The first kappa shape index (κ1) is 14.2. The first-order valence-electron chi connectivity index (χ1n) is 6.23. The second-order valence-electron chi connectivity index (χ2n) is 3.93. The van der Waals surface area contributed by atoms with E-state index >= 15 is 0 Å². The maximum Gasteiger partial charge on any atom is 0.0202 e. The lowest BCUT2D eigenvalue weighted by molar-refractivity contribution is 0.818. The predicted molar refractivity (Wildman–Crippen MR) is 80.4 cm³/mol. The molecule has 2 rings (SSSR count). The highest BCUT2D eigenvalue weighted by Crippen LogP contribution is 1.99. The van der Waals surface area contributed by atoms with Crippen LogP contribution in [0.1, 0.15) is 18.1 Å². The van der Waals surface area contributed by atoms with E-state index in [0.29, 0.717) is 0 Å². The van der Waals surface area contributed by atoms with Gasteiger partial charge in [-0.15, -0.1) is 0 Å². The van der Waals surface area contributed by atoms with Crippen LogP contribution in [-0.2, 0) is 6.54 Å². The SMILES string of the molecule is C/C=C/c1ccccc1.CNCc1ccccc1. The van der Waals surface area contributed by atoms with Crippen LogP contribution in [0.5, 0.6) is 0 Å². The van der Waals surface area contributed by atoms with E-state index < -0.39 is 0 Å². The van der Waals surface area contributed by atoms with E-state index in [1.54, 1.807) is 0 Å². The van der Waals surface area contributed by atoms with Gasteiger partial charge in [0.1, 0.15) is 0 Å². The Morgan fingerprint density at radius 2 is 1.44 bits per heavy atom. The van der Waals surface area contributed by atoms with Crippen LogP contribution < -0.4 is 5.32 Å². The summed E-state index contributed by atoms with van der Waals surface area (Å²) < 4.78 is 0. The molecule has 0 aromatic heterocycles. The summed E-state index contributed by atoms with van der Waals surface area (Å²) in [4.78, 5) is 0. The Bertz CT molecular complexity index is 432. The van der Waals surface area contributed by atoms with E-state index in [0.717, 1.165) is 6.54 Å². The highest BCUT2D eigenvalue weighted by atomic mass is 14.8. The van der Waals surface area contributed by atoms with Crippen molar-refractivity contribution >= 4 is 6.08 Å². The summed E-state index contributed by atoms with van der Waals surface area (Å²) in [6.07, 6.45) is 4.12. The summed E-state index contributed by atoms with van der Waals surface area (Å²) in [5, 5.41) is 3.08. The molecule has 0 fully saturated rings. The van der Waals surface area contributed by atoms with Crippen LogP contribution in [-0.4, -0.2) is 7.05 Å². The standard InChI is InChI=1S/C9H10.C8H11N/c1-2-6-9-7-4-3-5-8-9;1-9-7-8-5-3-2-4-6-8/h2-8H,1H3;2-6,9H,7H2,1H3/b6-2+;. The number of nitrogens with one attached hydrogen (secondary N) is 1. The third-order valence-corrected chi connectivity index (χ3v) is 2.38. The van der Waals surface area contributed by atoms with E-state index in [2.05, 4.69) is 35.7 Å². The van der Waals surface area contributed by atoms with Gasteiger partial charge in [-0.25, -0.2) is 0 Å². The van der Waals surface area contributed by atoms with Gasteiger partial charge < -0.3 is 5.32 Å². The number of benzene rings is 2. The highest BCUT2D eigenvalue weighted by molar-refractivity contribution is 5.47. The maximum absolute atomic E-state index is 3.08. The van der Waals surface area contributed by atoms with E-state index in [1.165, 1.54) is 11.1 Å². The smallest absolute Gasteiger partial charge is 0.0202 e. The molecule has 18 heavy (non-hydrogen) atoms. The van der Waals surface area contributed by atoms with Crippen LogP contribution in [0.3, 0.4) is 0 Å². The quantitative estimate of drug-likeness (QED) is 0.849. The minimum Gasteiger partial charge on any atom is -0.316 e. The largest absolute Gasteiger partial charge is 0.316 e. The van der Waals surface area contributed by atoms with Gasteiger partial charge in [-0.3, -0.25) is 0 Å². The third-order valence-electron chi connectivity index (χ3n) is 2.38. The van der Waals surface area contributed by atoms with Crippen molar-refractivity contribution in [3.63, 3.8) is 0 Å². The van der Waals surface area contributed by atoms with Gasteiger partial charge in [0.05, 0.1) is 0 Å². The van der Waals surface area contributed by atoms with Crippen LogP contribution >= 0.6 is 0 Å². The molecule has 0 saturated carbocycles. The molecule has 0 aliphatic rings. The van der Waals surface area contributed by atoms with Gasteiger partial charge >= 0.3 is 0 Å². The summed E-state index contributed by atoms with van der Waals surface area (Å²) in [6.45, 7) is 2.98. The zero-order valence-electron chi connectivity index (χ0n) is 11.1. The molecular formula is C17H21N. The Kier molecular flexibility index (Phi) is 7.26. The lowest BCUT2D eigenvalue weighted by Gasteiger charge is -1.95. The second kappa shape index (κ2) is 9.20. The number of rotatable bonds is 3. The van der Waals surface area contributed by atoms with Gasteiger partial charge in [0.25, 0.3) is 0 Å². The molecule has 0 amide bonds. The minimum absolute atomic E-state index is 0.959. The number of hydrogen-bond acceptors (Lipinski definition) is 1. The van der Waals surface area contributed by atoms with E-state index in [-0.39, 0.29) is 0 Å². The molecule has 2 aromatic rings. The molecule has 94 valence electrons. The Balaban J connectivity index is 0.000000180. The summed E-state index contributed by atoms with van der Waals surface area (Å²) in [7, 11) is 1.95. The molecule has 1 nitrogen and oxygen atoms in total. The van der Waals surface area contributed by atoms with Crippen LogP contribution in [0.4, 0.5) is 0 Å². The minimum atomic E-state index is 0.959. The molecule has 2 aromatic carbocycles. The monoisotopic (exact) mass is 239 g/mol. The molecule has 0 aliphatic heterocycles. The van der Waals surface area contributed by atoms with E-state index in [4.69, 9.17) is 0 Å². The highest BCUT2D eigenvalue weighted by Gasteiger charge is 1.83. The van der Waals surface area contributed by atoms with Crippen LogP contribution in [0.2, 0.25) is 0 Å². The Morgan fingerprint density at radius 3 is 1.94 bits per heavy atom. The molecule has 0 aliphatic carbocycles. The van der Waals surface area contributed by atoms with Crippen LogP contribution in [0.15, 0.2) is 66.7 Å². The predicted octanol–water partition coefficient (Wildman–Crippen LogP) is 4.13. The van der Waals surface area contributed by atoms with Crippen molar-refractivity contribution in [1.82, 2.24) is 5.32 Å². The maximum atomic E-state index is 3.08. The number of allylic oxidation sites excluding steroid dienone is 1. The Labute approximate surface area is 110 Å². The zero-order chi connectivity index (χ0) is 13.1. The first-order chi connectivity index (χ1) is 8.86. The lowest BCUT2D eigenvalue weighted by atomic mass is 10.2. The van der Waals surface area contributed by atoms with Gasteiger partial charge in [-0.2, -0.15) is 0 Å². The van der Waals surface area contributed by atoms with Gasteiger partial charge in [0, 0.05) is 6.54 Å². The van der Waals surface area contributed by atoms with E-state index in [9.17, 15) is 0 Å². The van der Waals surface area contributed by atoms with Crippen molar-refractivity contribution < 1.29 is 0 Å². The fourth-order valence-electron chi connectivity index (χ4n) is 1.56. The van der Waals surface area contributed by atoms with Crippen molar-refractivity contribution in [2.75, 3.05) is 7.05 Å². The molecule has 1 heteroatoms. The molecule has 1 N–H and O–H groups in total. The molecule has 0 radical (unpaired) electrons. The van der Waals surface area contributed by atoms with Crippen molar-refractivity contribution in [1.29, 1.82) is 0 Å². The second-order valence-corrected chi connectivity index (χ2v) is 3.93. The van der Waals surface area contributed by atoms with Crippen molar-refractivity contribution in [3.8, 4) is 0 Å². The molecule has 0 bridgehead atoms. The molecule has 0 heterocycles. The molecule has 0 atom stereocenters. The number of hydrogen-bond donors (Lipinski definition) is 1. The molecule has 0 unspecified atom stereocenters. The van der Waals surface area contributed by atoms with Crippen LogP contribution in [0.25, 0.3) is 6.08 Å². The molecule has 0 spiro atoms. The summed E-state index contributed by atoms with van der Waals surface area (Å²) in [5.41, 5.74) is 2.60. The average molecular weight is 239 g/mol. The fourth-order valence-corrected chi connectivity index (χ4v) is 1.56. The van der Waals surface area contributed by atoms with Gasteiger partial charge in [0.2, 0.25) is 0 Å². The van der Waals surface area contributed by atoms with Gasteiger partial charge in [-0.05, 0) is 25.1 Å². The first-order valence-corrected chi connectivity index (χ1v) is 6.23. The normalized spacial score (nSPS) is 9.89. The Hall–Kier alpha value is -1.86. The van der Waals surface area contributed by atoms with Gasteiger partial charge in [0.15, 0.2) is 0 Å².